The van der Waals surface area contributed by atoms with Crippen LogP contribution in [0.2, 0.25) is 0 Å². The number of nitrogens with zero attached hydrogens (tertiary/aromatic N) is 2. The van der Waals surface area contributed by atoms with Crippen LogP contribution in [0.15, 0.2) is 12.5 Å². The van der Waals surface area contributed by atoms with Gasteiger partial charge < -0.3 is 9.88 Å². The number of aromatic nitrogens is 2. The van der Waals surface area contributed by atoms with E-state index in [0.717, 1.165) is 24.4 Å². The largest absolute Gasteiger partial charge is 0.331 e. The SMILES string of the molecule is CCCNCC1CC1c1cncn1C1CC1. The molecular weight excluding hydrogens is 198 g/mol. The molecule has 0 bridgehead atoms. The van der Waals surface area contributed by atoms with E-state index in [2.05, 4.69) is 28.0 Å². The van der Waals surface area contributed by atoms with Gasteiger partial charge >= 0.3 is 0 Å². The van der Waals surface area contributed by atoms with Gasteiger partial charge in [-0.05, 0) is 44.7 Å². The summed E-state index contributed by atoms with van der Waals surface area (Å²) in [5.41, 5.74) is 1.49. The quantitative estimate of drug-likeness (QED) is 0.744. The Hall–Kier alpha value is -0.830. The molecule has 2 unspecified atom stereocenters. The third-order valence-corrected chi connectivity index (χ3v) is 3.77. The topological polar surface area (TPSA) is 29.9 Å². The van der Waals surface area contributed by atoms with E-state index in [0.29, 0.717) is 0 Å². The molecule has 2 saturated carbocycles. The van der Waals surface area contributed by atoms with Crippen LogP contribution in [0.4, 0.5) is 0 Å². The zero-order valence-corrected chi connectivity index (χ0v) is 10.0. The fraction of sp³-hybridized carbons (Fsp3) is 0.769. The van der Waals surface area contributed by atoms with Crippen LogP contribution in [-0.2, 0) is 0 Å². The predicted molar refractivity (Wildman–Crippen MR) is 64.5 cm³/mol. The normalized spacial score (nSPS) is 28.3. The van der Waals surface area contributed by atoms with Crippen molar-refractivity contribution in [1.29, 1.82) is 0 Å². The summed E-state index contributed by atoms with van der Waals surface area (Å²) in [6.07, 6.45) is 9.42. The van der Waals surface area contributed by atoms with Crippen molar-refractivity contribution in [3.8, 4) is 0 Å². The van der Waals surface area contributed by atoms with Crippen molar-refractivity contribution in [2.45, 2.75) is 44.6 Å². The Bertz CT molecular complexity index is 354. The molecule has 1 heterocycles. The maximum absolute atomic E-state index is 4.32. The number of rotatable bonds is 6. The first-order valence-electron chi connectivity index (χ1n) is 6.62. The lowest BCUT2D eigenvalue weighted by Crippen LogP contribution is -2.18. The molecule has 2 atom stereocenters. The zero-order valence-electron chi connectivity index (χ0n) is 10.0. The molecule has 0 spiro atoms. The Morgan fingerprint density at radius 3 is 3.12 bits per heavy atom. The fourth-order valence-corrected chi connectivity index (χ4v) is 2.56. The molecule has 0 amide bonds. The number of nitrogens with one attached hydrogen (secondary N) is 1. The minimum atomic E-state index is 0.780. The summed E-state index contributed by atoms with van der Waals surface area (Å²) in [5.74, 6) is 1.65. The van der Waals surface area contributed by atoms with E-state index in [-0.39, 0.29) is 0 Å². The maximum Gasteiger partial charge on any atom is 0.0950 e. The first kappa shape index (κ1) is 10.3. The minimum absolute atomic E-state index is 0.780. The third kappa shape index (κ3) is 2.01. The monoisotopic (exact) mass is 219 g/mol. The number of hydrogen-bond acceptors (Lipinski definition) is 2. The van der Waals surface area contributed by atoms with Crippen LogP contribution in [0, 0.1) is 5.92 Å². The van der Waals surface area contributed by atoms with Gasteiger partial charge in [0.1, 0.15) is 0 Å². The second kappa shape index (κ2) is 4.21. The fourth-order valence-electron chi connectivity index (χ4n) is 2.56. The van der Waals surface area contributed by atoms with Gasteiger partial charge in [0.2, 0.25) is 0 Å². The van der Waals surface area contributed by atoms with Gasteiger partial charge in [0.25, 0.3) is 0 Å². The minimum Gasteiger partial charge on any atom is -0.331 e. The van der Waals surface area contributed by atoms with E-state index in [1.165, 1.54) is 37.9 Å². The average molecular weight is 219 g/mol. The summed E-state index contributed by atoms with van der Waals surface area (Å²) in [5, 5.41) is 3.52. The molecule has 0 aliphatic heterocycles. The van der Waals surface area contributed by atoms with Gasteiger partial charge in [-0.2, -0.15) is 0 Å². The molecule has 2 aliphatic carbocycles. The van der Waals surface area contributed by atoms with Crippen LogP contribution in [0.25, 0.3) is 0 Å². The molecule has 88 valence electrons. The molecular formula is C13H21N3. The third-order valence-electron chi connectivity index (χ3n) is 3.77. The van der Waals surface area contributed by atoms with E-state index in [1.54, 1.807) is 0 Å². The van der Waals surface area contributed by atoms with E-state index in [1.807, 2.05) is 6.33 Å². The van der Waals surface area contributed by atoms with Crippen molar-refractivity contribution in [3.05, 3.63) is 18.2 Å². The van der Waals surface area contributed by atoms with Crippen LogP contribution < -0.4 is 5.32 Å². The number of hydrogen-bond donors (Lipinski definition) is 1. The van der Waals surface area contributed by atoms with Gasteiger partial charge in [0.05, 0.1) is 6.33 Å². The van der Waals surface area contributed by atoms with E-state index >= 15 is 0 Å². The summed E-state index contributed by atoms with van der Waals surface area (Å²) >= 11 is 0. The van der Waals surface area contributed by atoms with Crippen molar-refractivity contribution in [1.82, 2.24) is 14.9 Å². The highest BCUT2D eigenvalue weighted by Crippen LogP contribution is 2.49. The number of imidazole rings is 1. The first-order chi connectivity index (χ1) is 7.90. The highest BCUT2D eigenvalue weighted by Gasteiger charge is 2.41. The van der Waals surface area contributed by atoms with Crippen LogP contribution in [0.1, 0.15) is 50.3 Å². The van der Waals surface area contributed by atoms with E-state index in [9.17, 15) is 0 Å². The molecule has 2 aliphatic rings. The second-order valence-electron chi connectivity index (χ2n) is 5.26. The lowest BCUT2D eigenvalue weighted by molar-refractivity contribution is 0.607. The summed E-state index contributed by atoms with van der Waals surface area (Å²) in [7, 11) is 0. The second-order valence-corrected chi connectivity index (χ2v) is 5.26. The van der Waals surface area contributed by atoms with Crippen molar-refractivity contribution >= 4 is 0 Å². The van der Waals surface area contributed by atoms with Crippen molar-refractivity contribution < 1.29 is 0 Å². The smallest absolute Gasteiger partial charge is 0.0950 e. The van der Waals surface area contributed by atoms with Gasteiger partial charge in [-0.3, -0.25) is 0 Å². The van der Waals surface area contributed by atoms with Gasteiger partial charge in [-0.25, -0.2) is 4.98 Å². The molecule has 0 aromatic carbocycles. The van der Waals surface area contributed by atoms with E-state index < -0.39 is 0 Å². The Labute approximate surface area is 97.3 Å². The Morgan fingerprint density at radius 2 is 2.38 bits per heavy atom. The summed E-state index contributed by atoms with van der Waals surface area (Å²) < 4.78 is 2.42. The summed E-state index contributed by atoms with van der Waals surface area (Å²) in [4.78, 5) is 4.32. The van der Waals surface area contributed by atoms with Gasteiger partial charge in [0, 0.05) is 23.9 Å². The molecule has 0 saturated heterocycles. The molecule has 1 N–H and O–H groups in total. The van der Waals surface area contributed by atoms with Crippen LogP contribution in [-0.4, -0.2) is 22.6 Å². The Kier molecular flexibility index (Phi) is 2.72. The van der Waals surface area contributed by atoms with Crippen LogP contribution in [0.5, 0.6) is 0 Å². The molecule has 1 aromatic heterocycles. The highest BCUT2D eigenvalue weighted by molar-refractivity contribution is 5.18. The molecule has 3 rings (SSSR count). The first-order valence-corrected chi connectivity index (χ1v) is 6.62. The lowest BCUT2D eigenvalue weighted by atomic mass is 10.2. The highest BCUT2D eigenvalue weighted by atomic mass is 15.1. The zero-order chi connectivity index (χ0) is 11.0. The lowest BCUT2D eigenvalue weighted by Gasteiger charge is -2.06. The van der Waals surface area contributed by atoms with Gasteiger partial charge in [-0.1, -0.05) is 6.92 Å². The Morgan fingerprint density at radius 1 is 1.50 bits per heavy atom. The standard InChI is InChI=1S/C13H21N3/c1-2-5-14-7-10-6-12(10)13-8-15-9-16(13)11-3-4-11/h8-12,14H,2-7H2,1H3. The summed E-state index contributed by atoms with van der Waals surface area (Å²) in [6.45, 7) is 4.57. The van der Waals surface area contributed by atoms with Crippen molar-refractivity contribution in [3.63, 3.8) is 0 Å². The average Bonchev–Trinajstić information content (AvgIpc) is 3.21. The van der Waals surface area contributed by atoms with Crippen LogP contribution in [0.3, 0.4) is 0 Å². The van der Waals surface area contributed by atoms with Gasteiger partial charge in [0.15, 0.2) is 0 Å². The van der Waals surface area contributed by atoms with Crippen LogP contribution >= 0.6 is 0 Å². The molecule has 3 heteroatoms. The summed E-state index contributed by atoms with van der Waals surface area (Å²) in [6, 6.07) is 0.780. The molecule has 0 radical (unpaired) electrons. The van der Waals surface area contributed by atoms with Crippen molar-refractivity contribution in [2.75, 3.05) is 13.1 Å². The molecule has 3 nitrogen and oxygen atoms in total. The van der Waals surface area contributed by atoms with E-state index in [4.69, 9.17) is 0 Å². The van der Waals surface area contributed by atoms with Crippen molar-refractivity contribution in [2.24, 2.45) is 5.92 Å². The Balaban J connectivity index is 1.56. The molecule has 2 fully saturated rings. The predicted octanol–water partition coefficient (Wildman–Crippen LogP) is 2.32. The van der Waals surface area contributed by atoms with Gasteiger partial charge in [-0.15, -0.1) is 0 Å². The molecule has 16 heavy (non-hydrogen) atoms. The maximum atomic E-state index is 4.32. The molecule has 1 aromatic rings.